The van der Waals surface area contributed by atoms with Crippen LogP contribution >= 0.6 is 0 Å². The second kappa shape index (κ2) is 16.2. The summed E-state index contributed by atoms with van der Waals surface area (Å²) in [6, 6.07) is 19.5. The summed E-state index contributed by atoms with van der Waals surface area (Å²) in [6.07, 6.45) is 26.5. The van der Waals surface area contributed by atoms with Crippen LogP contribution < -0.4 is 0 Å². The fraction of sp³-hybridized carbons (Fsp3) is 0.660. The molecular weight excluding hydrogens is 581 g/mol. The molecule has 5 rings (SSSR count). The van der Waals surface area contributed by atoms with Gasteiger partial charge in [0, 0.05) is 5.41 Å². The van der Waals surface area contributed by atoms with E-state index in [4.69, 9.17) is 5.11 Å². The molecule has 2 aromatic carbocycles. The van der Waals surface area contributed by atoms with E-state index in [0.717, 1.165) is 48.7 Å². The van der Waals surface area contributed by atoms with Crippen molar-refractivity contribution >= 4 is 0 Å². The first-order chi connectivity index (χ1) is 23.0. The number of fused-ring (bicyclic) bond motifs is 5. The zero-order valence-electron chi connectivity index (χ0n) is 32.0. The lowest BCUT2D eigenvalue weighted by Gasteiger charge is -2.57. The third-order valence-corrected chi connectivity index (χ3v) is 14.4. The van der Waals surface area contributed by atoms with E-state index in [2.05, 4.69) is 97.0 Å². The number of aliphatic hydroxyl groups excluding tert-OH is 1. The average molecular weight is 651 g/mol. The number of aryl methyl sites for hydroxylation is 1. The van der Waals surface area contributed by atoms with Crippen molar-refractivity contribution in [2.24, 2.45) is 40.4 Å². The quantitative estimate of drug-likeness (QED) is 0.189. The average Bonchev–Trinajstić information content (AvgIpc) is 3.15. The summed E-state index contributed by atoms with van der Waals surface area (Å²) in [6.45, 7) is 17.3. The largest absolute Gasteiger partial charge is 0.516 e. The van der Waals surface area contributed by atoms with E-state index < -0.39 is 0 Å². The smallest absolute Gasteiger partial charge is 0.0791 e. The molecule has 0 radical (unpaired) electrons. The summed E-state index contributed by atoms with van der Waals surface area (Å²) in [5.41, 5.74) is 8.12. The van der Waals surface area contributed by atoms with Crippen LogP contribution in [0.25, 0.3) is 0 Å². The molecule has 1 nitrogen and oxygen atoms in total. The first kappa shape index (κ1) is 37.0. The fourth-order valence-corrected chi connectivity index (χ4v) is 11.1. The minimum absolute atomic E-state index is 0.0728. The van der Waals surface area contributed by atoms with Crippen LogP contribution in [0.3, 0.4) is 0 Å². The summed E-state index contributed by atoms with van der Waals surface area (Å²) in [5.74, 6) is 4.16. The molecule has 0 amide bonds. The van der Waals surface area contributed by atoms with Crippen LogP contribution in [0.15, 0.2) is 72.5 Å². The Bertz CT molecular complexity index is 1350. The molecule has 3 aliphatic carbocycles. The third-order valence-electron chi connectivity index (χ3n) is 14.4. The Morgan fingerprint density at radius 1 is 0.792 bits per heavy atom. The lowest BCUT2D eigenvalue weighted by molar-refractivity contribution is -0.0349. The SMILES string of the molecule is CCc1ccc(C2(c3ccc(C/C(C)=C\C=C\O)cc3)CCC3(C)C4CCCCC(C(C)CCCC(C)C)C(C)(CC4)CCC3C2)cc1. The Morgan fingerprint density at radius 3 is 2.04 bits per heavy atom. The van der Waals surface area contributed by atoms with Crippen LogP contribution in [0.4, 0.5) is 0 Å². The van der Waals surface area contributed by atoms with Gasteiger partial charge < -0.3 is 5.11 Å². The molecule has 7 atom stereocenters. The van der Waals surface area contributed by atoms with E-state index in [-0.39, 0.29) is 5.41 Å². The van der Waals surface area contributed by atoms with Crippen LogP contribution in [0.2, 0.25) is 0 Å². The monoisotopic (exact) mass is 651 g/mol. The second-order valence-corrected chi connectivity index (χ2v) is 17.9. The van der Waals surface area contributed by atoms with E-state index in [0.29, 0.717) is 10.8 Å². The van der Waals surface area contributed by atoms with Gasteiger partial charge in [-0.3, -0.25) is 0 Å². The van der Waals surface area contributed by atoms with Gasteiger partial charge in [0.05, 0.1) is 6.26 Å². The molecule has 0 aliphatic heterocycles. The zero-order chi connectivity index (χ0) is 34.4. The maximum atomic E-state index is 9.12. The van der Waals surface area contributed by atoms with Gasteiger partial charge in [-0.25, -0.2) is 0 Å². The molecule has 0 spiro atoms. The predicted molar refractivity (Wildman–Crippen MR) is 208 cm³/mol. The van der Waals surface area contributed by atoms with Crippen molar-refractivity contribution in [2.75, 3.05) is 0 Å². The summed E-state index contributed by atoms with van der Waals surface area (Å²) < 4.78 is 0. The van der Waals surface area contributed by atoms with Gasteiger partial charge in [-0.2, -0.15) is 0 Å². The van der Waals surface area contributed by atoms with Crippen molar-refractivity contribution in [2.45, 2.75) is 157 Å². The van der Waals surface area contributed by atoms with Crippen LogP contribution in [0.1, 0.15) is 161 Å². The van der Waals surface area contributed by atoms with Gasteiger partial charge in [0.2, 0.25) is 0 Å². The van der Waals surface area contributed by atoms with E-state index in [1.807, 2.05) is 6.08 Å². The molecule has 48 heavy (non-hydrogen) atoms. The molecule has 7 unspecified atom stereocenters. The summed E-state index contributed by atoms with van der Waals surface area (Å²) in [4.78, 5) is 0. The normalized spacial score (nSPS) is 32.2. The molecule has 264 valence electrons. The molecule has 0 aromatic heterocycles. The molecule has 0 saturated heterocycles. The predicted octanol–water partition coefficient (Wildman–Crippen LogP) is 13.8. The lowest BCUT2D eigenvalue weighted by atomic mass is 9.48. The first-order valence-electron chi connectivity index (χ1n) is 20.2. The van der Waals surface area contributed by atoms with Crippen molar-refractivity contribution in [3.8, 4) is 0 Å². The topological polar surface area (TPSA) is 20.2 Å². The lowest BCUT2D eigenvalue weighted by Crippen LogP contribution is -2.48. The minimum atomic E-state index is 0.0728. The second-order valence-electron chi connectivity index (χ2n) is 17.9. The van der Waals surface area contributed by atoms with Crippen molar-refractivity contribution < 1.29 is 5.11 Å². The van der Waals surface area contributed by atoms with Gasteiger partial charge in [0.1, 0.15) is 0 Å². The number of rotatable bonds is 11. The summed E-state index contributed by atoms with van der Waals surface area (Å²) >= 11 is 0. The van der Waals surface area contributed by atoms with Crippen molar-refractivity contribution in [3.05, 3.63) is 94.8 Å². The maximum absolute atomic E-state index is 9.12. The van der Waals surface area contributed by atoms with E-state index in [1.165, 1.54) is 112 Å². The van der Waals surface area contributed by atoms with Gasteiger partial charge in [-0.15, -0.1) is 0 Å². The molecule has 2 bridgehead atoms. The van der Waals surface area contributed by atoms with Crippen molar-refractivity contribution in [1.29, 1.82) is 0 Å². The standard InChI is InChI=1S/C47H70O/c1-8-38-18-22-41(23-19-38)47(42-24-20-39(21-25-42)33-36(4)14-12-32-48)31-30-46(7)40-16-9-10-17-44(37(5)15-11-13-35(2)3)45(6,28-26-40)29-27-43(46)34-47/h12,14,18-25,32,35,37,40,43-44,48H,8-11,13,15-17,26-31,33-34H2,1-7H3/b32-12+,36-14-. The minimum Gasteiger partial charge on any atom is -0.516 e. The number of aliphatic hydroxyl groups is 1. The Balaban J connectivity index is 1.48. The molecule has 2 aromatic rings. The molecule has 3 fully saturated rings. The van der Waals surface area contributed by atoms with Crippen molar-refractivity contribution in [1.82, 2.24) is 0 Å². The zero-order valence-corrected chi connectivity index (χ0v) is 32.0. The van der Waals surface area contributed by atoms with Gasteiger partial charge in [-0.05, 0) is 146 Å². The number of hydrogen-bond acceptors (Lipinski definition) is 1. The Kier molecular flexibility index (Phi) is 12.5. The van der Waals surface area contributed by atoms with Crippen LogP contribution in [-0.4, -0.2) is 5.11 Å². The number of benzene rings is 2. The molecule has 3 saturated carbocycles. The molecule has 0 heterocycles. The fourth-order valence-electron chi connectivity index (χ4n) is 11.1. The van der Waals surface area contributed by atoms with Gasteiger partial charge in [0.15, 0.2) is 0 Å². The first-order valence-corrected chi connectivity index (χ1v) is 20.2. The van der Waals surface area contributed by atoms with E-state index in [1.54, 1.807) is 11.6 Å². The highest BCUT2D eigenvalue weighted by Gasteiger charge is 2.53. The van der Waals surface area contributed by atoms with Crippen molar-refractivity contribution in [3.63, 3.8) is 0 Å². The van der Waals surface area contributed by atoms with Crippen LogP contribution in [0, 0.1) is 40.4 Å². The Labute approximate surface area is 296 Å². The highest BCUT2D eigenvalue weighted by Crippen LogP contribution is 2.62. The Hall–Kier alpha value is -2.28. The molecular formula is C47H70O. The van der Waals surface area contributed by atoms with Crippen LogP contribution in [-0.2, 0) is 18.3 Å². The van der Waals surface area contributed by atoms with E-state index >= 15 is 0 Å². The number of hydrogen-bond donors (Lipinski definition) is 1. The molecule has 3 aliphatic rings. The van der Waals surface area contributed by atoms with Gasteiger partial charge in [-0.1, -0.05) is 134 Å². The van der Waals surface area contributed by atoms with E-state index in [9.17, 15) is 0 Å². The van der Waals surface area contributed by atoms with Crippen LogP contribution in [0.5, 0.6) is 0 Å². The highest BCUT2D eigenvalue weighted by atomic mass is 16.2. The Morgan fingerprint density at radius 2 is 1.42 bits per heavy atom. The number of allylic oxidation sites excluding steroid dienone is 3. The highest BCUT2D eigenvalue weighted by molar-refractivity contribution is 5.43. The van der Waals surface area contributed by atoms with Gasteiger partial charge in [0.25, 0.3) is 0 Å². The third kappa shape index (κ3) is 8.19. The molecule has 1 N–H and O–H groups in total. The van der Waals surface area contributed by atoms with Gasteiger partial charge >= 0.3 is 0 Å². The maximum Gasteiger partial charge on any atom is 0.0791 e. The summed E-state index contributed by atoms with van der Waals surface area (Å²) in [5, 5.41) is 9.12. The summed E-state index contributed by atoms with van der Waals surface area (Å²) in [7, 11) is 0. The molecule has 1 heteroatoms.